The highest BCUT2D eigenvalue weighted by molar-refractivity contribution is 5.46. The molecule has 0 bridgehead atoms. The number of nitrogens with zero attached hydrogens (tertiary/aromatic N) is 1. The summed E-state index contributed by atoms with van der Waals surface area (Å²) in [7, 11) is 0. The van der Waals surface area contributed by atoms with E-state index < -0.39 is 11.7 Å². The van der Waals surface area contributed by atoms with Crippen LogP contribution in [0.2, 0.25) is 0 Å². The minimum Gasteiger partial charge on any atom is -0.489 e. The number of halogens is 3. The quantitative estimate of drug-likeness (QED) is 0.809. The number of benzene rings is 1. The second kappa shape index (κ2) is 5.09. The minimum absolute atomic E-state index is 0.0971. The van der Waals surface area contributed by atoms with Gasteiger partial charge in [0.05, 0.1) is 17.2 Å². The van der Waals surface area contributed by atoms with Crippen LogP contribution in [0.25, 0.3) is 0 Å². The van der Waals surface area contributed by atoms with Crippen molar-refractivity contribution in [2.24, 2.45) is 0 Å². The first-order chi connectivity index (χ1) is 7.88. The smallest absolute Gasteiger partial charge is 0.416 e. The topological polar surface area (TPSA) is 33.0 Å². The summed E-state index contributed by atoms with van der Waals surface area (Å²) in [6.45, 7) is 3.68. The number of hydrogen-bond donors (Lipinski definition) is 0. The van der Waals surface area contributed by atoms with Gasteiger partial charge in [0.25, 0.3) is 0 Å². The van der Waals surface area contributed by atoms with E-state index in [2.05, 4.69) is 0 Å². The van der Waals surface area contributed by atoms with E-state index in [0.29, 0.717) is 6.42 Å². The van der Waals surface area contributed by atoms with Gasteiger partial charge in [-0.1, -0.05) is 6.92 Å². The first kappa shape index (κ1) is 13.4. The van der Waals surface area contributed by atoms with Crippen molar-refractivity contribution in [2.45, 2.75) is 32.5 Å². The molecule has 0 fully saturated rings. The third-order valence-electron chi connectivity index (χ3n) is 2.33. The molecular weight excluding hydrogens is 231 g/mol. The fraction of sp³-hybridized carbons (Fsp3) is 0.417. The summed E-state index contributed by atoms with van der Waals surface area (Å²) < 4.78 is 42.6. The molecule has 5 heteroatoms. The lowest BCUT2D eigenvalue weighted by Crippen LogP contribution is -2.12. The monoisotopic (exact) mass is 243 g/mol. The maximum absolute atomic E-state index is 12.4. The molecule has 92 valence electrons. The average molecular weight is 243 g/mol. The maximum Gasteiger partial charge on any atom is 0.416 e. The van der Waals surface area contributed by atoms with Crippen LogP contribution in [0, 0.1) is 11.3 Å². The molecule has 0 aliphatic rings. The standard InChI is InChI=1S/C12H12F3NO/c1-3-8(2)17-11-5-4-10(12(13,14)15)6-9(11)7-16/h4-6,8H,3H2,1-2H3. The van der Waals surface area contributed by atoms with Crippen LogP contribution >= 0.6 is 0 Å². The molecule has 0 radical (unpaired) electrons. The largest absolute Gasteiger partial charge is 0.489 e. The Morgan fingerprint density at radius 2 is 2.06 bits per heavy atom. The summed E-state index contributed by atoms with van der Waals surface area (Å²) in [6.07, 6.45) is -3.87. The normalized spacial score (nSPS) is 12.9. The molecule has 17 heavy (non-hydrogen) atoms. The summed E-state index contributed by atoms with van der Waals surface area (Å²) in [4.78, 5) is 0. The number of rotatable bonds is 3. The first-order valence-corrected chi connectivity index (χ1v) is 5.16. The molecule has 0 spiro atoms. The highest BCUT2D eigenvalue weighted by Crippen LogP contribution is 2.32. The van der Waals surface area contributed by atoms with Gasteiger partial charge in [0.15, 0.2) is 0 Å². The van der Waals surface area contributed by atoms with Gasteiger partial charge in [-0.15, -0.1) is 0 Å². The molecule has 0 aliphatic heterocycles. The van der Waals surface area contributed by atoms with Crippen LogP contribution < -0.4 is 4.74 Å². The molecule has 0 aromatic heterocycles. The van der Waals surface area contributed by atoms with E-state index in [0.717, 1.165) is 12.1 Å². The fourth-order valence-corrected chi connectivity index (χ4v) is 1.20. The molecule has 0 heterocycles. The zero-order valence-electron chi connectivity index (χ0n) is 9.51. The lowest BCUT2D eigenvalue weighted by atomic mass is 10.1. The van der Waals surface area contributed by atoms with Crippen molar-refractivity contribution in [3.63, 3.8) is 0 Å². The molecular formula is C12H12F3NO. The van der Waals surface area contributed by atoms with Gasteiger partial charge in [0.1, 0.15) is 11.8 Å². The van der Waals surface area contributed by atoms with Crippen LogP contribution in [0.15, 0.2) is 18.2 Å². The molecule has 1 atom stereocenters. The first-order valence-electron chi connectivity index (χ1n) is 5.16. The Hall–Kier alpha value is -1.70. The lowest BCUT2D eigenvalue weighted by Gasteiger charge is -2.15. The van der Waals surface area contributed by atoms with Crippen LogP contribution in [-0.4, -0.2) is 6.10 Å². The van der Waals surface area contributed by atoms with Crippen molar-refractivity contribution >= 4 is 0 Å². The summed E-state index contributed by atoms with van der Waals surface area (Å²) >= 11 is 0. The van der Waals surface area contributed by atoms with E-state index in [-0.39, 0.29) is 17.4 Å². The van der Waals surface area contributed by atoms with Crippen LogP contribution in [0.5, 0.6) is 5.75 Å². The average Bonchev–Trinajstić information content (AvgIpc) is 2.27. The fourth-order valence-electron chi connectivity index (χ4n) is 1.20. The summed E-state index contributed by atoms with van der Waals surface area (Å²) in [5, 5.41) is 8.80. The predicted molar refractivity (Wildman–Crippen MR) is 56.5 cm³/mol. The maximum atomic E-state index is 12.4. The predicted octanol–water partition coefficient (Wildman–Crippen LogP) is 3.75. The molecule has 1 aromatic carbocycles. The van der Waals surface area contributed by atoms with Crippen molar-refractivity contribution in [2.75, 3.05) is 0 Å². The van der Waals surface area contributed by atoms with Crippen LogP contribution in [0.4, 0.5) is 13.2 Å². The number of nitriles is 1. The zero-order valence-corrected chi connectivity index (χ0v) is 9.51. The number of alkyl halides is 3. The SMILES string of the molecule is CCC(C)Oc1ccc(C(F)(F)F)cc1C#N. The van der Waals surface area contributed by atoms with Gasteiger partial charge in [0, 0.05) is 0 Å². The van der Waals surface area contributed by atoms with Crippen LogP contribution in [-0.2, 0) is 6.18 Å². The van der Waals surface area contributed by atoms with Gasteiger partial charge in [-0.2, -0.15) is 18.4 Å². The molecule has 0 saturated heterocycles. The molecule has 0 N–H and O–H groups in total. The third kappa shape index (κ3) is 3.38. The number of ether oxygens (including phenoxy) is 1. The molecule has 1 unspecified atom stereocenters. The van der Waals surface area contributed by atoms with Gasteiger partial charge in [0.2, 0.25) is 0 Å². The molecule has 0 amide bonds. The van der Waals surface area contributed by atoms with E-state index >= 15 is 0 Å². The Labute approximate surface area is 97.6 Å². The van der Waals surface area contributed by atoms with E-state index in [4.69, 9.17) is 10.00 Å². The van der Waals surface area contributed by atoms with Crippen LogP contribution in [0.1, 0.15) is 31.4 Å². The third-order valence-corrected chi connectivity index (χ3v) is 2.33. The highest BCUT2D eigenvalue weighted by atomic mass is 19.4. The molecule has 0 aliphatic carbocycles. The van der Waals surface area contributed by atoms with Gasteiger partial charge in [-0.3, -0.25) is 0 Å². The zero-order chi connectivity index (χ0) is 13.1. The van der Waals surface area contributed by atoms with Gasteiger partial charge < -0.3 is 4.74 Å². The summed E-state index contributed by atoms with van der Waals surface area (Å²) in [6, 6.07) is 4.62. The van der Waals surface area contributed by atoms with E-state index in [9.17, 15) is 13.2 Å². The molecule has 1 aromatic rings. The lowest BCUT2D eigenvalue weighted by molar-refractivity contribution is -0.137. The Bertz CT molecular complexity index is 434. The Balaban J connectivity index is 3.07. The Morgan fingerprint density at radius 3 is 2.53 bits per heavy atom. The minimum atomic E-state index is -4.44. The van der Waals surface area contributed by atoms with Crippen molar-refractivity contribution in [3.05, 3.63) is 29.3 Å². The number of hydrogen-bond acceptors (Lipinski definition) is 2. The second-order valence-electron chi connectivity index (χ2n) is 3.66. The molecule has 0 saturated carbocycles. The summed E-state index contributed by atoms with van der Waals surface area (Å²) in [5.74, 6) is 0.190. The summed E-state index contributed by atoms with van der Waals surface area (Å²) in [5.41, 5.74) is -0.939. The molecule has 2 nitrogen and oxygen atoms in total. The highest BCUT2D eigenvalue weighted by Gasteiger charge is 2.31. The Morgan fingerprint density at radius 1 is 1.41 bits per heavy atom. The van der Waals surface area contributed by atoms with Gasteiger partial charge in [-0.05, 0) is 31.5 Å². The van der Waals surface area contributed by atoms with Crippen molar-refractivity contribution in [1.82, 2.24) is 0 Å². The van der Waals surface area contributed by atoms with Crippen LogP contribution in [0.3, 0.4) is 0 Å². The van der Waals surface area contributed by atoms with E-state index in [1.54, 1.807) is 13.0 Å². The van der Waals surface area contributed by atoms with Crippen molar-refractivity contribution in [1.29, 1.82) is 5.26 Å². The van der Waals surface area contributed by atoms with Crippen molar-refractivity contribution in [3.8, 4) is 11.8 Å². The Kier molecular flexibility index (Phi) is 4.00. The van der Waals surface area contributed by atoms with Gasteiger partial charge in [-0.25, -0.2) is 0 Å². The van der Waals surface area contributed by atoms with Crippen molar-refractivity contribution < 1.29 is 17.9 Å². The van der Waals surface area contributed by atoms with E-state index in [1.165, 1.54) is 6.07 Å². The molecule has 1 rings (SSSR count). The van der Waals surface area contributed by atoms with E-state index in [1.807, 2.05) is 6.92 Å². The van der Waals surface area contributed by atoms with Gasteiger partial charge >= 0.3 is 6.18 Å². The second-order valence-corrected chi connectivity index (χ2v) is 3.66.